The minimum absolute atomic E-state index is 0.0707. The molecule has 1 aromatic heterocycles. The van der Waals surface area contributed by atoms with Crippen molar-refractivity contribution in [2.45, 2.75) is 12.2 Å². The number of furan rings is 1. The fourth-order valence-electron chi connectivity index (χ4n) is 7.97. The average Bonchev–Trinajstić information content (AvgIpc) is 3.63. The van der Waals surface area contributed by atoms with E-state index in [2.05, 4.69) is 216 Å². The first kappa shape index (κ1) is 31.8. The lowest BCUT2D eigenvalue weighted by atomic mass is 9.92. The van der Waals surface area contributed by atoms with Crippen LogP contribution in [0.3, 0.4) is 0 Å². The van der Waals surface area contributed by atoms with Crippen molar-refractivity contribution in [3.63, 3.8) is 0 Å². The normalized spacial score (nSPS) is 15.1. The van der Waals surface area contributed by atoms with Crippen LogP contribution in [0.5, 0.6) is 0 Å². The number of anilines is 4. The molecule has 4 nitrogen and oxygen atoms in total. The van der Waals surface area contributed by atoms with E-state index in [4.69, 9.17) is 4.42 Å². The van der Waals surface area contributed by atoms with Gasteiger partial charge in [0.25, 0.3) is 0 Å². The molecule has 0 bridgehead atoms. The van der Waals surface area contributed by atoms with Gasteiger partial charge in [-0.2, -0.15) is 0 Å². The van der Waals surface area contributed by atoms with E-state index in [-0.39, 0.29) is 12.2 Å². The molecular formula is C50H37N3O. The highest BCUT2D eigenvalue weighted by molar-refractivity contribution is 6.13. The van der Waals surface area contributed by atoms with Crippen molar-refractivity contribution in [2.75, 3.05) is 10.2 Å². The highest BCUT2D eigenvalue weighted by Crippen LogP contribution is 2.43. The molecule has 1 aliphatic heterocycles. The molecule has 1 aliphatic rings. The standard InChI is InChI=1S/C50H37N3O/c1-4-14-34(15-5-1)35-26-28-40(29-27-35)53(39-20-8-3-9-21-39)41-30-31-44-47(33-41)54-46-25-13-23-42(48(44)46)37-18-12-19-38(32-37)50-51-45-24-11-10-22-43(45)49(52-50)36-16-6-2-7-17-36/h1-33,49-52H. The Bertz CT molecular complexity index is 2720. The van der Waals surface area contributed by atoms with Crippen LogP contribution in [-0.4, -0.2) is 0 Å². The van der Waals surface area contributed by atoms with Gasteiger partial charge < -0.3 is 14.6 Å². The van der Waals surface area contributed by atoms with Crippen molar-refractivity contribution in [2.24, 2.45) is 0 Å². The SMILES string of the molecule is c1ccc(-c2ccc(N(c3ccccc3)c3ccc4c(c3)oc3cccc(-c5cccc(C6Nc7ccccc7C(c7ccccc7)N6)c5)c34)cc2)cc1. The van der Waals surface area contributed by atoms with E-state index in [1.54, 1.807) is 0 Å². The number of para-hydroxylation sites is 2. The second kappa shape index (κ2) is 13.6. The van der Waals surface area contributed by atoms with Gasteiger partial charge in [0.2, 0.25) is 0 Å². The Hall–Kier alpha value is -6.88. The van der Waals surface area contributed by atoms with Gasteiger partial charge in [-0.25, -0.2) is 0 Å². The molecule has 10 rings (SSSR count). The van der Waals surface area contributed by atoms with Crippen LogP contribution in [0.2, 0.25) is 0 Å². The monoisotopic (exact) mass is 695 g/mol. The van der Waals surface area contributed by atoms with E-state index in [1.807, 2.05) is 0 Å². The third-order valence-corrected chi connectivity index (χ3v) is 10.6. The molecule has 4 heteroatoms. The summed E-state index contributed by atoms with van der Waals surface area (Å²) in [7, 11) is 0. The third kappa shape index (κ3) is 5.79. The topological polar surface area (TPSA) is 40.4 Å². The molecule has 0 amide bonds. The van der Waals surface area contributed by atoms with Crippen LogP contribution >= 0.6 is 0 Å². The lowest BCUT2D eigenvalue weighted by molar-refractivity contribution is 0.506. The maximum Gasteiger partial charge on any atom is 0.137 e. The van der Waals surface area contributed by atoms with Crippen molar-refractivity contribution in [3.8, 4) is 22.3 Å². The molecule has 9 aromatic rings. The summed E-state index contributed by atoms with van der Waals surface area (Å²) in [5.41, 5.74) is 14.4. The van der Waals surface area contributed by atoms with Gasteiger partial charge >= 0.3 is 0 Å². The quantitative estimate of drug-likeness (QED) is 0.174. The molecule has 0 saturated heterocycles. The highest BCUT2D eigenvalue weighted by atomic mass is 16.3. The molecule has 0 aliphatic carbocycles. The second-order valence-corrected chi connectivity index (χ2v) is 13.8. The van der Waals surface area contributed by atoms with Crippen LogP contribution in [0.25, 0.3) is 44.2 Å². The zero-order valence-corrected chi connectivity index (χ0v) is 29.6. The van der Waals surface area contributed by atoms with E-state index < -0.39 is 0 Å². The Morgan fingerprint density at radius 1 is 0.444 bits per heavy atom. The summed E-state index contributed by atoms with van der Waals surface area (Å²) < 4.78 is 6.65. The minimum atomic E-state index is -0.0707. The van der Waals surface area contributed by atoms with E-state index in [1.165, 1.54) is 27.8 Å². The fraction of sp³-hybridized carbons (Fsp3) is 0.0400. The predicted octanol–water partition coefficient (Wildman–Crippen LogP) is 13.2. The molecule has 2 unspecified atom stereocenters. The molecule has 2 atom stereocenters. The van der Waals surface area contributed by atoms with E-state index in [0.717, 1.165) is 55.8 Å². The molecule has 2 heterocycles. The zero-order chi connectivity index (χ0) is 35.8. The molecule has 0 fully saturated rings. The molecule has 0 radical (unpaired) electrons. The number of rotatable bonds is 7. The first-order valence-corrected chi connectivity index (χ1v) is 18.5. The Kier molecular flexibility index (Phi) is 8.01. The summed E-state index contributed by atoms with van der Waals surface area (Å²) >= 11 is 0. The number of hydrogen-bond acceptors (Lipinski definition) is 4. The van der Waals surface area contributed by atoms with Crippen LogP contribution in [0.15, 0.2) is 205 Å². The summed E-state index contributed by atoms with van der Waals surface area (Å²) in [5, 5.41) is 9.89. The van der Waals surface area contributed by atoms with Crippen molar-refractivity contribution >= 4 is 44.7 Å². The maximum atomic E-state index is 6.65. The molecule has 0 saturated carbocycles. The van der Waals surface area contributed by atoms with Crippen LogP contribution in [0.1, 0.15) is 28.9 Å². The van der Waals surface area contributed by atoms with E-state index in [0.29, 0.717) is 0 Å². The lowest BCUT2D eigenvalue weighted by Gasteiger charge is -2.35. The van der Waals surface area contributed by atoms with Crippen LogP contribution in [-0.2, 0) is 0 Å². The van der Waals surface area contributed by atoms with Crippen molar-refractivity contribution < 1.29 is 4.42 Å². The summed E-state index contributed by atoms with van der Waals surface area (Å²) in [6.07, 6.45) is -0.0707. The van der Waals surface area contributed by atoms with Gasteiger partial charge in [-0.3, -0.25) is 5.32 Å². The van der Waals surface area contributed by atoms with Crippen molar-refractivity contribution in [1.29, 1.82) is 0 Å². The van der Waals surface area contributed by atoms with Gasteiger partial charge in [0.1, 0.15) is 17.3 Å². The van der Waals surface area contributed by atoms with Gasteiger partial charge in [0.15, 0.2) is 0 Å². The summed E-state index contributed by atoms with van der Waals surface area (Å²) in [4.78, 5) is 2.29. The van der Waals surface area contributed by atoms with Crippen LogP contribution in [0.4, 0.5) is 22.7 Å². The maximum absolute atomic E-state index is 6.65. The van der Waals surface area contributed by atoms with Gasteiger partial charge in [0.05, 0.1) is 6.04 Å². The Morgan fingerprint density at radius 2 is 1.07 bits per heavy atom. The van der Waals surface area contributed by atoms with Gasteiger partial charge in [-0.1, -0.05) is 140 Å². The first-order chi connectivity index (χ1) is 26.8. The van der Waals surface area contributed by atoms with Crippen molar-refractivity contribution in [1.82, 2.24) is 5.32 Å². The molecule has 258 valence electrons. The number of nitrogens with zero attached hydrogens (tertiary/aromatic N) is 1. The number of benzene rings is 8. The number of hydrogen-bond donors (Lipinski definition) is 2. The minimum Gasteiger partial charge on any atom is -0.456 e. The predicted molar refractivity (Wildman–Crippen MR) is 224 cm³/mol. The second-order valence-electron chi connectivity index (χ2n) is 13.8. The van der Waals surface area contributed by atoms with Crippen LogP contribution in [0, 0.1) is 0 Å². The molecule has 8 aromatic carbocycles. The first-order valence-electron chi connectivity index (χ1n) is 18.5. The largest absolute Gasteiger partial charge is 0.456 e. The van der Waals surface area contributed by atoms with Crippen LogP contribution < -0.4 is 15.5 Å². The fourth-order valence-corrected chi connectivity index (χ4v) is 7.97. The highest BCUT2D eigenvalue weighted by Gasteiger charge is 2.28. The van der Waals surface area contributed by atoms with Crippen molar-refractivity contribution in [3.05, 3.63) is 217 Å². The van der Waals surface area contributed by atoms with E-state index >= 15 is 0 Å². The smallest absolute Gasteiger partial charge is 0.137 e. The van der Waals surface area contributed by atoms with Gasteiger partial charge in [-0.05, 0) is 93.5 Å². The molecule has 54 heavy (non-hydrogen) atoms. The zero-order valence-electron chi connectivity index (χ0n) is 29.6. The number of nitrogens with one attached hydrogen (secondary N) is 2. The lowest BCUT2D eigenvalue weighted by Crippen LogP contribution is -2.37. The van der Waals surface area contributed by atoms with E-state index in [9.17, 15) is 0 Å². The summed E-state index contributed by atoms with van der Waals surface area (Å²) in [6.45, 7) is 0. The van der Waals surface area contributed by atoms with Gasteiger partial charge in [0, 0.05) is 39.6 Å². The summed E-state index contributed by atoms with van der Waals surface area (Å²) in [5.74, 6) is 0. The molecule has 2 N–H and O–H groups in total. The molecule has 0 spiro atoms. The Balaban J connectivity index is 1.02. The average molecular weight is 696 g/mol. The Morgan fingerprint density at radius 3 is 1.89 bits per heavy atom. The Labute approximate surface area is 315 Å². The molecular weight excluding hydrogens is 659 g/mol. The van der Waals surface area contributed by atoms with Gasteiger partial charge in [-0.15, -0.1) is 0 Å². The summed E-state index contributed by atoms with van der Waals surface area (Å²) in [6, 6.07) is 71.0. The number of fused-ring (bicyclic) bond motifs is 4. The third-order valence-electron chi connectivity index (χ3n) is 10.6.